The van der Waals surface area contributed by atoms with Crippen molar-refractivity contribution in [3.05, 3.63) is 72.3 Å². The number of ether oxygens (including phenoxy) is 1. The minimum Gasteiger partial charge on any atom is -0.443 e. The SMILES string of the molecule is Cc1ccc2[nH]cc(-c3cn(C)cc3-c3cn(C(=O)OC(C)(C)C)c4ccc(C)cc34)c2c1. The molecular formula is C28H29N3O2. The average molecular weight is 440 g/mol. The standard InChI is InChI=1S/C28H29N3O2/c1-17-7-9-25-19(11-17)21(13-29-25)22-14-30(6)15-23(22)24-16-31(27(32)33-28(3,4)5)26-10-8-18(2)12-20(24)26/h7-16,29H,1-6H3. The summed E-state index contributed by atoms with van der Waals surface area (Å²) < 4.78 is 9.41. The third-order valence-corrected chi connectivity index (χ3v) is 5.92. The van der Waals surface area contributed by atoms with E-state index in [-0.39, 0.29) is 6.09 Å². The number of benzene rings is 2. The molecule has 0 amide bonds. The van der Waals surface area contributed by atoms with Crippen LogP contribution in [0, 0.1) is 13.8 Å². The summed E-state index contributed by atoms with van der Waals surface area (Å²) in [4.78, 5) is 16.5. The van der Waals surface area contributed by atoms with Gasteiger partial charge in [0.2, 0.25) is 0 Å². The molecule has 0 atom stereocenters. The number of nitrogens with one attached hydrogen (secondary N) is 1. The second-order valence-electron chi connectivity index (χ2n) is 9.92. The topological polar surface area (TPSA) is 52.0 Å². The highest BCUT2D eigenvalue weighted by atomic mass is 16.6. The number of nitrogens with zero attached hydrogens (tertiary/aromatic N) is 2. The van der Waals surface area contributed by atoms with E-state index in [1.807, 2.05) is 46.1 Å². The number of aromatic nitrogens is 3. The van der Waals surface area contributed by atoms with Gasteiger partial charge in [0.15, 0.2) is 0 Å². The van der Waals surface area contributed by atoms with E-state index in [1.165, 1.54) is 10.9 Å². The second kappa shape index (κ2) is 7.41. The van der Waals surface area contributed by atoms with Gasteiger partial charge in [-0.25, -0.2) is 4.79 Å². The number of carbonyl (C=O) groups excluding carboxylic acids is 1. The van der Waals surface area contributed by atoms with Gasteiger partial charge in [-0.15, -0.1) is 0 Å². The van der Waals surface area contributed by atoms with Crippen molar-refractivity contribution in [2.75, 3.05) is 0 Å². The van der Waals surface area contributed by atoms with E-state index in [1.54, 1.807) is 4.57 Å². The van der Waals surface area contributed by atoms with Crippen LogP contribution in [-0.4, -0.2) is 25.8 Å². The molecule has 3 heterocycles. The van der Waals surface area contributed by atoms with Gasteiger partial charge in [-0.05, 0) is 58.9 Å². The third kappa shape index (κ3) is 3.74. The van der Waals surface area contributed by atoms with Crippen LogP contribution in [0.4, 0.5) is 4.79 Å². The smallest absolute Gasteiger partial charge is 0.419 e. The molecule has 0 radical (unpaired) electrons. The first-order chi connectivity index (χ1) is 15.6. The fourth-order valence-corrected chi connectivity index (χ4v) is 4.49. The third-order valence-electron chi connectivity index (χ3n) is 5.92. The zero-order valence-electron chi connectivity index (χ0n) is 20.0. The first-order valence-corrected chi connectivity index (χ1v) is 11.2. The fraction of sp³-hybridized carbons (Fsp3) is 0.250. The molecule has 0 fully saturated rings. The number of hydrogen-bond acceptors (Lipinski definition) is 2. The Labute approximate surface area is 193 Å². The summed E-state index contributed by atoms with van der Waals surface area (Å²) in [6.07, 6.45) is 7.88. The Morgan fingerprint density at radius 2 is 1.48 bits per heavy atom. The summed E-state index contributed by atoms with van der Waals surface area (Å²) in [7, 11) is 2.03. The van der Waals surface area contributed by atoms with Crippen molar-refractivity contribution in [1.29, 1.82) is 0 Å². The highest BCUT2D eigenvalue weighted by Crippen LogP contribution is 2.41. The van der Waals surface area contributed by atoms with Crippen LogP contribution in [0.15, 0.2) is 61.2 Å². The number of carbonyl (C=O) groups is 1. The molecule has 0 bridgehead atoms. The quantitative estimate of drug-likeness (QED) is 0.316. The molecule has 0 saturated carbocycles. The maximum Gasteiger partial charge on any atom is 0.419 e. The van der Waals surface area contributed by atoms with Crippen molar-refractivity contribution in [2.24, 2.45) is 7.05 Å². The lowest BCUT2D eigenvalue weighted by atomic mass is 9.97. The first-order valence-electron chi connectivity index (χ1n) is 11.2. The fourth-order valence-electron chi connectivity index (χ4n) is 4.49. The van der Waals surface area contributed by atoms with Crippen molar-refractivity contribution >= 4 is 27.9 Å². The minimum atomic E-state index is -0.571. The number of hydrogen-bond donors (Lipinski definition) is 1. The molecule has 5 rings (SSSR count). The number of fused-ring (bicyclic) bond motifs is 2. The van der Waals surface area contributed by atoms with Gasteiger partial charge in [-0.1, -0.05) is 23.3 Å². The van der Waals surface area contributed by atoms with Crippen molar-refractivity contribution in [2.45, 2.75) is 40.2 Å². The number of aromatic amines is 1. The molecule has 1 N–H and O–H groups in total. The lowest BCUT2D eigenvalue weighted by Gasteiger charge is -2.19. The molecule has 0 unspecified atom stereocenters. The number of aryl methyl sites for hydroxylation is 3. The summed E-state index contributed by atoms with van der Waals surface area (Å²) in [6.45, 7) is 9.84. The Morgan fingerprint density at radius 1 is 0.848 bits per heavy atom. The summed E-state index contributed by atoms with van der Waals surface area (Å²) in [5, 5.41) is 2.22. The Balaban J connectivity index is 1.75. The highest BCUT2D eigenvalue weighted by Gasteiger charge is 2.23. The first kappa shape index (κ1) is 21.1. The van der Waals surface area contributed by atoms with Gasteiger partial charge in [0.05, 0.1) is 5.52 Å². The van der Waals surface area contributed by atoms with Crippen molar-refractivity contribution < 1.29 is 9.53 Å². The summed E-state index contributed by atoms with van der Waals surface area (Å²) in [6, 6.07) is 12.6. The van der Waals surface area contributed by atoms with E-state index in [0.717, 1.165) is 44.2 Å². The molecule has 5 nitrogen and oxygen atoms in total. The summed E-state index contributed by atoms with van der Waals surface area (Å²) >= 11 is 0. The van der Waals surface area contributed by atoms with Gasteiger partial charge in [-0.3, -0.25) is 4.57 Å². The van der Waals surface area contributed by atoms with Gasteiger partial charge < -0.3 is 14.3 Å². The van der Waals surface area contributed by atoms with Gasteiger partial charge >= 0.3 is 6.09 Å². The number of rotatable bonds is 2. The van der Waals surface area contributed by atoms with Crippen LogP contribution in [0.3, 0.4) is 0 Å². The molecule has 0 aliphatic rings. The summed E-state index contributed by atoms with van der Waals surface area (Å²) in [5.41, 5.74) is 8.11. The zero-order chi connectivity index (χ0) is 23.5. The zero-order valence-corrected chi connectivity index (χ0v) is 20.0. The number of H-pyrrole nitrogens is 1. The van der Waals surface area contributed by atoms with E-state index >= 15 is 0 Å². The molecule has 5 aromatic rings. The largest absolute Gasteiger partial charge is 0.443 e. The Morgan fingerprint density at radius 3 is 2.18 bits per heavy atom. The van der Waals surface area contributed by atoms with Crippen LogP contribution in [-0.2, 0) is 11.8 Å². The predicted octanol–water partition coefficient (Wildman–Crippen LogP) is 7.20. The van der Waals surface area contributed by atoms with Gasteiger partial charge in [-0.2, -0.15) is 0 Å². The minimum absolute atomic E-state index is 0.372. The molecule has 3 aromatic heterocycles. The van der Waals surface area contributed by atoms with E-state index in [4.69, 9.17) is 4.74 Å². The lowest BCUT2D eigenvalue weighted by molar-refractivity contribution is 0.0544. The Hall–Kier alpha value is -3.73. The van der Waals surface area contributed by atoms with E-state index in [2.05, 4.69) is 66.3 Å². The van der Waals surface area contributed by atoms with Gasteiger partial charge in [0.25, 0.3) is 0 Å². The molecule has 2 aromatic carbocycles. The summed E-state index contributed by atoms with van der Waals surface area (Å²) in [5.74, 6) is 0. The Bertz CT molecular complexity index is 1520. The van der Waals surface area contributed by atoms with Crippen molar-refractivity contribution in [1.82, 2.24) is 14.1 Å². The van der Waals surface area contributed by atoms with Crippen molar-refractivity contribution in [3.63, 3.8) is 0 Å². The van der Waals surface area contributed by atoms with Crippen LogP contribution < -0.4 is 0 Å². The van der Waals surface area contributed by atoms with Crippen molar-refractivity contribution in [3.8, 4) is 22.3 Å². The molecule has 0 aliphatic heterocycles. The molecule has 0 spiro atoms. The van der Waals surface area contributed by atoms with Gasteiger partial charge in [0.1, 0.15) is 5.60 Å². The molecule has 168 valence electrons. The van der Waals surface area contributed by atoms with Crippen LogP contribution >= 0.6 is 0 Å². The van der Waals surface area contributed by atoms with E-state index in [9.17, 15) is 4.79 Å². The predicted molar refractivity (Wildman–Crippen MR) is 135 cm³/mol. The van der Waals surface area contributed by atoms with E-state index in [0.29, 0.717) is 0 Å². The second-order valence-corrected chi connectivity index (χ2v) is 9.92. The van der Waals surface area contributed by atoms with Crippen LogP contribution in [0.1, 0.15) is 31.9 Å². The molecule has 0 saturated heterocycles. The molecule has 5 heteroatoms. The lowest BCUT2D eigenvalue weighted by Crippen LogP contribution is -2.26. The molecule has 0 aliphatic carbocycles. The van der Waals surface area contributed by atoms with Gasteiger partial charge in [0, 0.05) is 70.4 Å². The molecule has 33 heavy (non-hydrogen) atoms. The maximum atomic E-state index is 13.1. The van der Waals surface area contributed by atoms with Crippen LogP contribution in [0.2, 0.25) is 0 Å². The van der Waals surface area contributed by atoms with E-state index < -0.39 is 5.60 Å². The Kier molecular flexibility index (Phi) is 4.74. The monoisotopic (exact) mass is 439 g/mol. The molecular weight excluding hydrogens is 410 g/mol. The maximum absolute atomic E-state index is 13.1. The van der Waals surface area contributed by atoms with Crippen LogP contribution in [0.25, 0.3) is 44.1 Å². The highest BCUT2D eigenvalue weighted by molar-refractivity contribution is 6.06. The average Bonchev–Trinajstić information content (AvgIpc) is 3.40. The normalized spacial score (nSPS) is 12.1. The van der Waals surface area contributed by atoms with Crippen LogP contribution in [0.5, 0.6) is 0 Å².